The highest BCUT2D eigenvalue weighted by molar-refractivity contribution is 6.02. The van der Waals surface area contributed by atoms with E-state index in [1.165, 1.54) is 24.2 Å². The molecular weight excluding hydrogens is 342 g/mol. The van der Waals surface area contributed by atoms with Crippen molar-refractivity contribution in [3.8, 4) is 0 Å². The summed E-state index contributed by atoms with van der Waals surface area (Å²) >= 11 is 0. The van der Waals surface area contributed by atoms with Crippen molar-refractivity contribution in [3.05, 3.63) is 59.5 Å². The lowest BCUT2D eigenvalue weighted by molar-refractivity contribution is 0.0698. The molecule has 0 aliphatic heterocycles. The van der Waals surface area contributed by atoms with Gasteiger partial charge in [0.15, 0.2) is 5.82 Å². The number of carbonyl (C=O) groups is 1. The summed E-state index contributed by atoms with van der Waals surface area (Å²) in [5, 5.41) is 15.9. The number of benzene rings is 1. The fraction of sp³-hybridized carbons (Fsp3) is 0.300. The first-order valence-electron chi connectivity index (χ1n) is 8.85. The summed E-state index contributed by atoms with van der Waals surface area (Å²) in [5.41, 5.74) is 3.26. The van der Waals surface area contributed by atoms with E-state index < -0.39 is 5.97 Å². The maximum atomic E-state index is 11.4. The molecule has 1 aromatic carbocycles. The van der Waals surface area contributed by atoms with Crippen LogP contribution in [0.2, 0.25) is 0 Å². The summed E-state index contributed by atoms with van der Waals surface area (Å²) in [6.45, 7) is 5.00. The Morgan fingerprint density at radius 1 is 1.04 bits per heavy atom. The second-order valence-corrected chi connectivity index (χ2v) is 6.66. The number of rotatable bonds is 7. The normalized spacial score (nSPS) is 12.3. The van der Waals surface area contributed by atoms with Gasteiger partial charge in [0.05, 0.1) is 11.6 Å². The van der Waals surface area contributed by atoms with E-state index in [1.807, 2.05) is 7.05 Å². The summed E-state index contributed by atoms with van der Waals surface area (Å²) in [6.07, 6.45) is 2.82. The standard InChI is InChI=1S/C20H23N5O2/c1-12(2)13-4-6-14(7-5-13)16(10-21-3)25-19-18-17(23-11-24-19)15(20(26)27)8-9-22-18/h4-9,11-12,16,21H,10H2,1-3H3,(H,26,27)(H,23,24,25)/t16-/m1/s1. The van der Waals surface area contributed by atoms with Gasteiger partial charge < -0.3 is 15.7 Å². The second kappa shape index (κ2) is 8.09. The fourth-order valence-electron chi connectivity index (χ4n) is 2.98. The summed E-state index contributed by atoms with van der Waals surface area (Å²) in [4.78, 5) is 24.1. The van der Waals surface area contributed by atoms with E-state index in [0.29, 0.717) is 29.3 Å². The molecule has 0 bridgehead atoms. The Balaban J connectivity index is 1.97. The number of hydrogen-bond donors (Lipinski definition) is 3. The highest BCUT2D eigenvalue weighted by Gasteiger charge is 2.17. The molecule has 0 unspecified atom stereocenters. The Morgan fingerprint density at radius 2 is 1.74 bits per heavy atom. The van der Waals surface area contributed by atoms with Crippen LogP contribution in [0.1, 0.15) is 47.3 Å². The summed E-state index contributed by atoms with van der Waals surface area (Å²) in [6, 6.07) is 9.85. The topological polar surface area (TPSA) is 100 Å². The number of carboxylic acid groups (broad SMARTS) is 1. The number of anilines is 1. The van der Waals surface area contributed by atoms with Crippen molar-refractivity contribution in [3.63, 3.8) is 0 Å². The average molecular weight is 365 g/mol. The van der Waals surface area contributed by atoms with E-state index in [-0.39, 0.29) is 11.6 Å². The van der Waals surface area contributed by atoms with E-state index in [1.54, 1.807) is 0 Å². The Hall–Kier alpha value is -3.06. The van der Waals surface area contributed by atoms with Gasteiger partial charge in [-0.3, -0.25) is 4.98 Å². The molecular formula is C20H23N5O2. The van der Waals surface area contributed by atoms with Gasteiger partial charge >= 0.3 is 5.97 Å². The zero-order valence-electron chi connectivity index (χ0n) is 15.6. The Kier molecular flexibility index (Phi) is 5.61. The molecule has 7 nitrogen and oxygen atoms in total. The molecule has 0 fully saturated rings. The number of carboxylic acids is 1. The van der Waals surface area contributed by atoms with Crippen molar-refractivity contribution >= 4 is 22.8 Å². The number of nitrogens with zero attached hydrogens (tertiary/aromatic N) is 3. The van der Waals surface area contributed by atoms with Gasteiger partial charge in [-0.05, 0) is 30.2 Å². The minimum Gasteiger partial charge on any atom is -0.478 e. The van der Waals surface area contributed by atoms with Gasteiger partial charge in [-0.25, -0.2) is 14.8 Å². The largest absolute Gasteiger partial charge is 0.478 e. The minimum atomic E-state index is -1.04. The van der Waals surface area contributed by atoms with Crippen LogP contribution in [0.5, 0.6) is 0 Å². The van der Waals surface area contributed by atoms with Crippen molar-refractivity contribution < 1.29 is 9.90 Å². The van der Waals surface area contributed by atoms with Gasteiger partial charge in [-0.15, -0.1) is 0 Å². The quantitative estimate of drug-likeness (QED) is 0.591. The number of hydrogen-bond acceptors (Lipinski definition) is 6. The Labute approximate surface area is 157 Å². The number of pyridine rings is 1. The molecule has 3 rings (SSSR count). The van der Waals surface area contributed by atoms with Gasteiger partial charge in [0.1, 0.15) is 17.4 Å². The maximum absolute atomic E-state index is 11.4. The highest BCUT2D eigenvalue weighted by Crippen LogP contribution is 2.25. The van der Waals surface area contributed by atoms with E-state index in [2.05, 4.69) is 63.7 Å². The summed E-state index contributed by atoms with van der Waals surface area (Å²) < 4.78 is 0. The van der Waals surface area contributed by atoms with Gasteiger partial charge in [0.25, 0.3) is 0 Å². The van der Waals surface area contributed by atoms with Crippen molar-refractivity contribution in [2.45, 2.75) is 25.8 Å². The molecule has 0 saturated heterocycles. The molecule has 0 saturated carbocycles. The zero-order chi connectivity index (χ0) is 19.4. The number of nitrogens with one attached hydrogen (secondary N) is 2. The smallest absolute Gasteiger partial charge is 0.338 e. The first-order chi connectivity index (χ1) is 13.0. The number of fused-ring (bicyclic) bond motifs is 1. The number of likely N-dealkylation sites (N-methyl/N-ethyl adjacent to an activating group) is 1. The van der Waals surface area contributed by atoms with Crippen LogP contribution in [0.3, 0.4) is 0 Å². The van der Waals surface area contributed by atoms with Crippen LogP contribution in [0, 0.1) is 0 Å². The van der Waals surface area contributed by atoms with Crippen LogP contribution in [-0.2, 0) is 0 Å². The lowest BCUT2D eigenvalue weighted by Gasteiger charge is -2.21. The molecule has 0 aliphatic rings. The van der Waals surface area contributed by atoms with Crippen LogP contribution in [0.15, 0.2) is 42.9 Å². The van der Waals surface area contributed by atoms with E-state index in [9.17, 15) is 9.90 Å². The first-order valence-corrected chi connectivity index (χ1v) is 8.85. The number of aromatic nitrogens is 3. The van der Waals surface area contributed by atoms with E-state index >= 15 is 0 Å². The van der Waals surface area contributed by atoms with Gasteiger partial charge in [-0.1, -0.05) is 38.1 Å². The van der Waals surface area contributed by atoms with Crippen LogP contribution in [0.25, 0.3) is 11.0 Å². The third-order valence-electron chi connectivity index (χ3n) is 4.48. The molecule has 0 spiro atoms. The van der Waals surface area contributed by atoms with Crippen molar-refractivity contribution in [1.29, 1.82) is 0 Å². The Bertz CT molecular complexity index is 941. The van der Waals surface area contributed by atoms with Gasteiger partial charge in [-0.2, -0.15) is 0 Å². The molecule has 3 aromatic rings. The highest BCUT2D eigenvalue weighted by atomic mass is 16.4. The predicted octanol–water partition coefficient (Wildman–Crippen LogP) is 3.22. The first kappa shape index (κ1) is 18.7. The van der Waals surface area contributed by atoms with E-state index in [0.717, 1.165) is 5.56 Å². The third kappa shape index (κ3) is 4.03. The van der Waals surface area contributed by atoms with E-state index in [4.69, 9.17) is 0 Å². The second-order valence-electron chi connectivity index (χ2n) is 6.66. The van der Waals surface area contributed by atoms with Gasteiger partial charge in [0, 0.05) is 12.7 Å². The molecule has 0 amide bonds. The van der Waals surface area contributed by atoms with Crippen molar-refractivity contribution in [2.75, 3.05) is 18.9 Å². The predicted molar refractivity (Wildman–Crippen MR) is 105 cm³/mol. The maximum Gasteiger partial charge on any atom is 0.338 e. The van der Waals surface area contributed by atoms with Crippen LogP contribution >= 0.6 is 0 Å². The molecule has 140 valence electrons. The molecule has 1 atom stereocenters. The number of aromatic carboxylic acids is 1. The SMILES string of the molecule is CNC[C@@H](Nc1ncnc2c(C(=O)O)ccnc12)c1ccc(C(C)C)cc1. The van der Waals surface area contributed by atoms with Gasteiger partial charge in [0.2, 0.25) is 0 Å². The molecule has 0 radical (unpaired) electrons. The molecule has 7 heteroatoms. The Morgan fingerprint density at radius 3 is 2.37 bits per heavy atom. The minimum absolute atomic E-state index is 0.0513. The lowest BCUT2D eigenvalue weighted by Crippen LogP contribution is -2.24. The molecule has 2 aromatic heterocycles. The summed E-state index contributed by atoms with van der Waals surface area (Å²) in [7, 11) is 1.88. The molecule has 3 N–H and O–H groups in total. The van der Waals surface area contributed by atoms with Crippen molar-refractivity contribution in [1.82, 2.24) is 20.3 Å². The molecule has 27 heavy (non-hydrogen) atoms. The van der Waals surface area contributed by atoms with Crippen molar-refractivity contribution in [2.24, 2.45) is 0 Å². The van der Waals surface area contributed by atoms with Crippen LogP contribution in [0.4, 0.5) is 5.82 Å². The average Bonchev–Trinajstić information content (AvgIpc) is 2.67. The third-order valence-corrected chi connectivity index (χ3v) is 4.48. The fourth-order valence-corrected chi connectivity index (χ4v) is 2.98. The van der Waals surface area contributed by atoms with Crippen LogP contribution < -0.4 is 10.6 Å². The lowest BCUT2D eigenvalue weighted by atomic mass is 9.99. The van der Waals surface area contributed by atoms with Crippen LogP contribution in [-0.4, -0.2) is 39.6 Å². The molecule has 2 heterocycles. The summed E-state index contributed by atoms with van der Waals surface area (Å²) in [5.74, 6) is -0.0569. The zero-order valence-corrected chi connectivity index (χ0v) is 15.6. The molecule has 0 aliphatic carbocycles. The monoisotopic (exact) mass is 365 g/mol.